The van der Waals surface area contributed by atoms with Crippen molar-refractivity contribution in [1.29, 1.82) is 5.41 Å². The molecule has 3 aromatic rings. The first-order valence-electron chi connectivity index (χ1n) is 12.7. The molecule has 1 N–H and O–H groups in total. The molecule has 0 radical (unpaired) electrons. The van der Waals surface area contributed by atoms with E-state index in [1.165, 1.54) is 0 Å². The third kappa shape index (κ3) is 4.99. The van der Waals surface area contributed by atoms with E-state index in [2.05, 4.69) is 22.3 Å². The number of benzene rings is 2. The molecule has 1 aromatic heterocycles. The van der Waals surface area contributed by atoms with E-state index < -0.39 is 12.1 Å². The Morgan fingerprint density at radius 1 is 1.03 bits per heavy atom. The number of nitrogens with one attached hydrogen (secondary N) is 1. The van der Waals surface area contributed by atoms with Crippen molar-refractivity contribution in [2.75, 3.05) is 37.6 Å². The highest BCUT2D eigenvalue weighted by molar-refractivity contribution is 6.14. The van der Waals surface area contributed by atoms with E-state index in [0.29, 0.717) is 32.0 Å². The summed E-state index contributed by atoms with van der Waals surface area (Å²) in [5.74, 6) is -1.42. The number of piperazine rings is 1. The lowest BCUT2D eigenvalue weighted by Crippen LogP contribution is -2.56. The number of carbonyl (C=O) groups is 1. The van der Waals surface area contributed by atoms with Gasteiger partial charge in [0.1, 0.15) is 18.2 Å². The van der Waals surface area contributed by atoms with Crippen molar-refractivity contribution in [1.82, 2.24) is 24.6 Å². The van der Waals surface area contributed by atoms with Gasteiger partial charge in [-0.25, -0.2) is 0 Å². The van der Waals surface area contributed by atoms with Crippen LogP contribution in [0.15, 0.2) is 72.0 Å². The summed E-state index contributed by atoms with van der Waals surface area (Å²) in [6.45, 7) is 2.01. The Labute approximate surface area is 222 Å². The van der Waals surface area contributed by atoms with Crippen molar-refractivity contribution < 1.29 is 18.0 Å². The molecule has 0 aliphatic carbocycles. The normalized spacial score (nSPS) is 21.7. The lowest BCUT2D eigenvalue weighted by atomic mass is 10.2. The molecule has 1 saturated heterocycles. The average Bonchev–Trinajstić information content (AvgIpc) is 3.52. The number of rotatable bonds is 5. The van der Waals surface area contributed by atoms with Gasteiger partial charge in [0.15, 0.2) is 0 Å². The molecule has 3 aliphatic heterocycles. The minimum absolute atomic E-state index is 0.0372. The van der Waals surface area contributed by atoms with Gasteiger partial charge in [-0.3, -0.25) is 29.7 Å². The third-order valence-corrected chi connectivity index (χ3v) is 7.33. The number of anilines is 1. The third-order valence-electron chi connectivity index (χ3n) is 7.33. The summed E-state index contributed by atoms with van der Waals surface area (Å²) in [5, 5.41) is 21.0. The SMILES string of the molecule is N=C1C2C=CC(CN3CCN(C(=O)C(F)(F)F)CC3)N2N=CN1c1ccc2nn(Cc3ccccc3)cc2c1. The molecule has 39 heavy (non-hydrogen) atoms. The van der Waals surface area contributed by atoms with E-state index in [1.54, 1.807) is 11.2 Å². The standard InChI is InChI=1S/C27H27F3N8O/c28-27(29,30)26(39)35-12-10-34(11-13-35)17-22-7-9-24-25(31)37(18-32-38(22)24)21-6-8-23-20(14-21)16-36(33-23)15-19-4-2-1-3-5-19/h1-9,14,16,18,22,24,31H,10-13,15,17H2. The summed E-state index contributed by atoms with van der Waals surface area (Å²) >= 11 is 0. The van der Waals surface area contributed by atoms with Crippen LogP contribution >= 0.6 is 0 Å². The molecule has 4 heterocycles. The van der Waals surface area contributed by atoms with Crippen LogP contribution in [0.5, 0.6) is 0 Å². The average molecular weight is 537 g/mol. The Hall–Kier alpha value is -4.19. The number of amidine groups is 1. The van der Waals surface area contributed by atoms with Gasteiger partial charge in [-0.15, -0.1) is 0 Å². The number of nitrogens with zero attached hydrogens (tertiary/aromatic N) is 7. The van der Waals surface area contributed by atoms with Gasteiger partial charge in [0, 0.05) is 50.0 Å². The molecule has 6 rings (SSSR count). The molecule has 1 amide bonds. The van der Waals surface area contributed by atoms with E-state index in [4.69, 9.17) is 5.41 Å². The lowest BCUT2D eigenvalue weighted by Gasteiger charge is -2.39. The summed E-state index contributed by atoms with van der Waals surface area (Å²) in [4.78, 5) is 16.1. The molecule has 3 aliphatic rings. The van der Waals surface area contributed by atoms with Gasteiger partial charge in [0.05, 0.1) is 18.1 Å². The molecule has 0 saturated carbocycles. The Balaban J connectivity index is 1.11. The molecule has 2 aromatic carbocycles. The minimum Gasteiger partial charge on any atom is -0.332 e. The quantitative estimate of drug-likeness (QED) is 0.507. The maximum Gasteiger partial charge on any atom is 0.471 e. The highest BCUT2D eigenvalue weighted by Gasteiger charge is 2.43. The summed E-state index contributed by atoms with van der Waals surface area (Å²) in [5.41, 5.74) is 2.85. The highest BCUT2D eigenvalue weighted by atomic mass is 19.4. The van der Waals surface area contributed by atoms with Crippen LogP contribution in [0.2, 0.25) is 0 Å². The Morgan fingerprint density at radius 3 is 2.54 bits per heavy atom. The predicted octanol–water partition coefficient (Wildman–Crippen LogP) is 3.14. The zero-order chi connectivity index (χ0) is 27.1. The van der Waals surface area contributed by atoms with E-state index in [-0.39, 0.29) is 25.2 Å². The zero-order valence-electron chi connectivity index (χ0n) is 21.0. The monoisotopic (exact) mass is 536 g/mol. The lowest BCUT2D eigenvalue weighted by molar-refractivity contribution is -0.187. The van der Waals surface area contributed by atoms with E-state index in [9.17, 15) is 18.0 Å². The highest BCUT2D eigenvalue weighted by Crippen LogP contribution is 2.28. The van der Waals surface area contributed by atoms with E-state index in [1.807, 2.05) is 69.3 Å². The van der Waals surface area contributed by atoms with Gasteiger partial charge in [0.25, 0.3) is 0 Å². The zero-order valence-corrected chi connectivity index (χ0v) is 21.0. The first kappa shape index (κ1) is 25.1. The van der Waals surface area contributed by atoms with Crippen LogP contribution in [-0.4, -0.2) is 93.7 Å². The van der Waals surface area contributed by atoms with Gasteiger partial charge in [-0.2, -0.15) is 23.4 Å². The largest absolute Gasteiger partial charge is 0.471 e. The van der Waals surface area contributed by atoms with Gasteiger partial charge in [0.2, 0.25) is 0 Å². The number of amides is 1. The number of alkyl halides is 3. The van der Waals surface area contributed by atoms with Gasteiger partial charge in [-0.05, 0) is 23.8 Å². The smallest absolute Gasteiger partial charge is 0.332 e. The molecule has 1 fully saturated rings. The summed E-state index contributed by atoms with van der Waals surface area (Å²) in [6, 6.07) is 15.5. The number of aromatic nitrogens is 2. The number of fused-ring (bicyclic) bond motifs is 2. The van der Waals surface area contributed by atoms with Crippen molar-refractivity contribution in [3.63, 3.8) is 0 Å². The maximum atomic E-state index is 12.7. The van der Waals surface area contributed by atoms with Crippen LogP contribution in [-0.2, 0) is 11.3 Å². The topological polar surface area (TPSA) is 84.1 Å². The second-order valence-electron chi connectivity index (χ2n) is 9.91. The molecule has 9 nitrogen and oxygen atoms in total. The number of carbonyl (C=O) groups excluding carboxylic acids is 1. The summed E-state index contributed by atoms with van der Waals surface area (Å²) in [7, 11) is 0. The summed E-state index contributed by atoms with van der Waals surface area (Å²) in [6.07, 6.45) is 2.72. The molecule has 202 valence electrons. The van der Waals surface area contributed by atoms with Crippen LogP contribution in [0.25, 0.3) is 10.9 Å². The van der Waals surface area contributed by atoms with Crippen molar-refractivity contribution in [3.05, 3.63) is 72.4 Å². The first-order chi connectivity index (χ1) is 18.8. The molecule has 0 spiro atoms. The molecular weight excluding hydrogens is 509 g/mol. The maximum absolute atomic E-state index is 12.7. The second-order valence-corrected chi connectivity index (χ2v) is 9.91. The van der Waals surface area contributed by atoms with Crippen LogP contribution in [0, 0.1) is 5.41 Å². The van der Waals surface area contributed by atoms with Crippen molar-refractivity contribution >= 4 is 34.7 Å². The molecule has 0 bridgehead atoms. The molecular formula is C27H27F3N8O. The van der Waals surface area contributed by atoms with Crippen LogP contribution < -0.4 is 4.90 Å². The Bertz CT molecular complexity index is 1440. The molecule has 2 atom stereocenters. The predicted molar refractivity (Wildman–Crippen MR) is 142 cm³/mol. The fourth-order valence-electron chi connectivity index (χ4n) is 5.30. The molecule has 2 unspecified atom stereocenters. The number of hydrogen-bond acceptors (Lipinski definition) is 6. The van der Waals surface area contributed by atoms with E-state index >= 15 is 0 Å². The number of hydrogen-bond donors (Lipinski definition) is 1. The van der Waals surface area contributed by atoms with Crippen LogP contribution in [0.4, 0.5) is 18.9 Å². The van der Waals surface area contributed by atoms with Gasteiger partial charge < -0.3 is 4.90 Å². The van der Waals surface area contributed by atoms with Gasteiger partial charge in [-0.1, -0.05) is 42.5 Å². The van der Waals surface area contributed by atoms with Crippen LogP contribution in [0.3, 0.4) is 0 Å². The van der Waals surface area contributed by atoms with Crippen molar-refractivity contribution in [3.8, 4) is 0 Å². The Morgan fingerprint density at radius 2 is 1.79 bits per heavy atom. The second kappa shape index (κ2) is 9.84. The number of halogens is 3. The van der Waals surface area contributed by atoms with Crippen molar-refractivity contribution in [2.45, 2.75) is 24.8 Å². The van der Waals surface area contributed by atoms with E-state index in [0.717, 1.165) is 27.1 Å². The fraction of sp³-hybridized carbons (Fsp3) is 0.333. The summed E-state index contributed by atoms with van der Waals surface area (Å²) < 4.78 is 40.1. The van der Waals surface area contributed by atoms with Crippen LogP contribution in [0.1, 0.15) is 5.56 Å². The first-order valence-corrected chi connectivity index (χ1v) is 12.7. The van der Waals surface area contributed by atoms with Gasteiger partial charge >= 0.3 is 12.1 Å². The fourth-order valence-corrected chi connectivity index (χ4v) is 5.30. The number of hydrazone groups is 1. The van der Waals surface area contributed by atoms with Crippen molar-refractivity contribution in [2.24, 2.45) is 5.10 Å². The Kier molecular flexibility index (Phi) is 6.34. The molecule has 12 heteroatoms. The minimum atomic E-state index is -4.84.